The predicted molar refractivity (Wildman–Crippen MR) is 58.3 cm³/mol. The van der Waals surface area contributed by atoms with Crippen molar-refractivity contribution < 1.29 is 17.5 Å². The minimum Gasteiger partial charge on any atom is -0.361 e. The number of ether oxygens (including phenoxy) is 1. The number of halogens is 1. The number of pyridine rings is 1. The summed E-state index contributed by atoms with van der Waals surface area (Å²) in [5, 5.41) is 8.09. The molecular formula is C10H10FN3O3S. The van der Waals surface area contributed by atoms with Gasteiger partial charge in [0.05, 0.1) is 19.2 Å². The molecule has 0 spiro atoms. The zero-order valence-electron chi connectivity index (χ0n) is 9.28. The summed E-state index contributed by atoms with van der Waals surface area (Å²) in [7, 11) is -4.02. The van der Waals surface area contributed by atoms with E-state index in [1.165, 1.54) is 12.3 Å². The first-order valence-electron chi connectivity index (χ1n) is 5.17. The fourth-order valence-corrected chi connectivity index (χ4v) is 3.01. The molecule has 0 saturated carbocycles. The molecule has 0 N–H and O–H groups in total. The van der Waals surface area contributed by atoms with Crippen LogP contribution >= 0.6 is 0 Å². The Morgan fingerprint density at radius 1 is 1.61 bits per heavy atom. The van der Waals surface area contributed by atoms with E-state index in [4.69, 9.17) is 10.00 Å². The summed E-state index contributed by atoms with van der Waals surface area (Å²) in [5.74, 6) is -0.905. The molecule has 1 saturated heterocycles. The molecule has 1 unspecified atom stereocenters. The largest absolute Gasteiger partial charge is 0.361 e. The van der Waals surface area contributed by atoms with Crippen LogP contribution in [-0.4, -0.2) is 43.5 Å². The van der Waals surface area contributed by atoms with E-state index in [9.17, 15) is 12.8 Å². The molecule has 0 aliphatic carbocycles. The van der Waals surface area contributed by atoms with E-state index in [1.54, 1.807) is 0 Å². The van der Waals surface area contributed by atoms with Crippen molar-refractivity contribution in [2.24, 2.45) is 0 Å². The third-order valence-electron chi connectivity index (χ3n) is 2.48. The number of hydrogen-bond donors (Lipinski definition) is 0. The maximum absolute atomic E-state index is 13.5. The van der Waals surface area contributed by atoms with Crippen molar-refractivity contribution in [1.29, 1.82) is 5.26 Å². The van der Waals surface area contributed by atoms with Gasteiger partial charge >= 0.3 is 0 Å². The fourth-order valence-electron chi connectivity index (χ4n) is 1.61. The summed E-state index contributed by atoms with van der Waals surface area (Å²) < 4.78 is 43.8. The second-order valence-corrected chi connectivity index (χ2v) is 5.50. The zero-order chi connectivity index (χ0) is 13.2. The van der Waals surface area contributed by atoms with Gasteiger partial charge in [0.15, 0.2) is 11.9 Å². The van der Waals surface area contributed by atoms with Crippen molar-refractivity contribution in [1.82, 2.24) is 9.29 Å². The Labute approximate surface area is 104 Å². The number of hydrogen-bond acceptors (Lipinski definition) is 5. The average Bonchev–Trinajstić information content (AvgIpc) is 2.39. The highest BCUT2D eigenvalue weighted by molar-refractivity contribution is 7.89. The van der Waals surface area contributed by atoms with E-state index in [0.717, 1.165) is 10.4 Å². The molecule has 0 amide bonds. The lowest BCUT2D eigenvalue weighted by atomic mass is 10.3. The van der Waals surface area contributed by atoms with Gasteiger partial charge < -0.3 is 4.74 Å². The van der Waals surface area contributed by atoms with Crippen LogP contribution in [0.15, 0.2) is 23.4 Å². The molecule has 0 radical (unpaired) electrons. The van der Waals surface area contributed by atoms with E-state index in [2.05, 4.69) is 4.98 Å². The van der Waals surface area contributed by atoms with Crippen molar-refractivity contribution in [2.45, 2.75) is 11.1 Å². The van der Waals surface area contributed by atoms with Gasteiger partial charge in [-0.2, -0.15) is 9.57 Å². The third-order valence-corrected chi connectivity index (χ3v) is 4.28. The molecule has 1 fully saturated rings. The summed E-state index contributed by atoms with van der Waals surface area (Å²) in [6.45, 7) is 0.0668. The highest BCUT2D eigenvalue weighted by Gasteiger charge is 2.33. The van der Waals surface area contributed by atoms with Crippen LogP contribution in [0.3, 0.4) is 0 Å². The molecule has 96 valence electrons. The molecule has 18 heavy (non-hydrogen) atoms. The Kier molecular flexibility index (Phi) is 3.56. The maximum Gasteiger partial charge on any atom is 0.263 e. The van der Waals surface area contributed by atoms with Crippen LogP contribution in [0, 0.1) is 17.1 Å². The number of rotatable bonds is 2. The lowest BCUT2D eigenvalue weighted by Crippen LogP contribution is -2.45. The SMILES string of the molecule is N#CC1CN(S(=O)(=O)c2ncccc2F)CCO1. The molecule has 6 nitrogen and oxygen atoms in total. The van der Waals surface area contributed by atoms with Gasteiger partial charge in [-0.1, -0.05) is 0 Å². The minimum atomic E-state index is -4.02. The number of sulfonamides is 1. The number of nitriles is 1. The van der Waals surface area contributed by atoms with Crippen LogP contribution in [0.5, 0.6) is 0 Å². The first kappa shape index (κ1) is 12.9. The molecule has 1 aromatic rings. The fraction of sp³-hybridized carbons (Fsp3) is 0.400. The van der Waals surface area contributed by atoms with Gasteiger partial charge in [0.2, 0.25) is 5.03 Å². The Bertz CT molecular complexity index is 584. The highest BCUT2D eigenvalue weighted by Crippen LogP contribution is 2.18. The standard InChI is InChI=1S/C10H10FN3O3S/c11-9-2-1-3-13-10(9)18(15,16)14-4-5-17-8(6-12)7-14/h1-3,8H,4-5,7H2. The van der Waals surface area contributed by atoms with Crippen molar-refractivity contribution >= 4 is 10.0 Å². The molecule has 2 rings (SSSR count). The lowest BCUT2D eigenvalue weighted by molar-refractivity contribution is 0.0310. The van der Waals surface area contributed by atoms with Gasteiger partial charge in [-0.15, -0.1) is 0 Å². The summed E-state index contributed by atoms with van der Waals surface area (Å²) >= 11 is 0. The normalized spacial score (nSPS) is 21.4. The van der Waals surface area contributed by atoms with Gasteiger partial charge in [-0.25, -0.2) is 17.8 Å². The molecule has 8 heteroatoms. The summed E-state index contributed by atoms with van der Waals surface area (Å²) in [5.41, 5.74) is 0. The first-order valence-corrected chi connectivity index (χ1v) is 6.61. The van der Waals surface area contributed by atoms with E-state index < -0.39 is 27.0 Å². The van der Waals surface area contributed by atoms with Crippen molar-refractivity contribution in [3.05, 3.63) is 24.1 Å². The smallest absolute Gasteiger partial charge is 0.263 e. The van der Waals surface area contributed by atoms with Crippen molar-refractivity contribution in [2.75, 3.05) is 19.7 Å². The van der Waals surface area contributed by atoms with Crippen LogP contribution in [0.4, 0.5) is 4.39 Å². The Morgan fingerprint density at radius 3 is 3.06 bits per heavy atom. The number of morpholine rings is 1. The van der Waals surface area contributed by atoms with Gasteiger partial charge in [0.25, 0.3) is 10.0 Å². The van der Waals surface area contributed by atoms with E-state index in [0.29, 0.717) is 0 Å². The van der Waals surface area contributed by atoms with Crippen molar-refractivity contribution in [3.63, 3.8) is 0 Å². The number of nitrogens with zero attached hydrogens (tertiary/aromatic N) is 3. The lowest BCUT2D eigenvalue weighted by Gasteiger charge is -2.28. The van der Waals surface area contributed by atoms with Crippen molar-refractivity contribution in [3.8, 4) is 6.07 Å². The quantitative estimate of drug-likeness (QED) is 0.763. The topological polar surface area (TPSA) is 83.3 Å². The Hall–Kier alpha value is -1.56. The third kappa shape index (κ3) is 2.33. The summed E-state index contributed by atoms with van der Waals surface area (Å²) in [4.78, 5) is 3.55. The second-order valence-electron chi connectivity index (χ2n) is 3.64. The van der Waals surface area contributed by atoms with E-state index >= 15 is 0 Å². The van der Waals surface area contributed by atoms with Crippen LogP contribution < -0.4 is 0 Å². The predicted octanol–water partition coefficient (Wildman–Crippen LogP) is 0.134. The summed E-state index contributed by atoms with van der Waals surface area (Å²) in [6.07, 6.45) is 0.373. The highest BCUT2D eigenvalue weighted by atomic mass is 32.2. The van der Waals surface area contributed by atoms with E-state index in [-0.39, 0.29) is 19.7 Å². The van der Waals surface area contributed by atoms with Gasteiger partial charge in [0, 0.05) is 12.7 Å². The zero-order valence-corrected chi connectivity index (χ0v) is 10.1. The molecular weight excluding hydrogens is 261 g/mol. The molecule has 2 heterocycles. The molecule has 0 aromatic carbocycles. The molecule has 1 aromatic heterocycles. The Morgan fingerprint density at radius 2 is 2.39 bits per heavy atom. The molecule has 1 atom stereocenters. The van der Waals surface area contributed by atoms with Gasteiger partial charge in [0.1, 0.15) is 0 Å². The number of aromatic nitrogens is 1. The molecule has 1 aliphatic heterocycles. The maximum atomic E-state index is 13.5. The van der Waals surface area contributed by atoms with Gasteiger partial charge in [-0.3, -0.25) is 0 Å². The monoisotopic (exact) mass is 271 g/mol. The Balaban J connectivity index is 2.32. The van der Waals surface area contributed by atoms with Crippen LogP contribution in [0.2, 0.25) is 0 Å². The van der Waals surface area contributed by atoms with Gasteiger partial charge in [-0.05, 0) is 12.1 Å². The minimum absolute atomic E-state index is 0.0799. The van der Waals surface area contributed by atoms with Crippen LogP contribution in [-0.2, 0) is 14.8 Å². The van der Waals surface area contributed by atoms with Crippen LogP contribution in [0.1, 0.15) is 0 Å². The van der Waals surface area contributed by atoms with E-state index in [1.807, 2.05) is 6.07 Å². The average molecular weight is 271 g/mol. The second kappa shape index (κ2) is 4.97. The van der Waals surface area contributed by atoms with Crippen LogP contribution in [0.25, 0.3) is 0 Å². The summed E-state index contributed by atoms with van der Waals surface area (Å²) in [6, 6.07) is 4.17. The first-order chi connectivity index (χ1) is 8.55. The molecule has 0 bridgehead atoms. The molecule has 1 aliphatic rings.